The van der Waals surface area contributed by atoms with Gasteiger partial charge in [0.25, 0.3) is 0 Å². The minimum atomic E-state index is 0.362. The highest BCUT2D eigenvalue weighted by atomic mass is 79.9. The Kier molecular flexibility index (Phi) is 3.50. The molecule has 0 aliphatic rings. The van der Waals surface area contributed by atoms with Gasteiger partial charge in [0.1, 0.15) is 17.2 Å². The summed E-state index contributed by atoms with van der Waals surface area (Å²) < 4.78 is 2.63. The van der Waals surface area contributed by atoms with Crippen LogP contribution >= 0.6 is 15.9 Å². The molecule has 3 aromatic heterocycles. The highest BCUT2D eigenvalue weighted by Gasteiger charge is 2.15. The maximum atomic E-state index is 5.84. The molecule has 0 amide bonds. The minimum absolute atomic E-state index is 0.362. The molecule has 0 spiro atoms. The van der Waals surface area contributed by atoms with Crippen molar-refractivity contribution in [3.8, 4) is 22.6 Å². The summed E-state index contributed by atoms with van der Waals surface area (Å²) in [6, 6.07) is 9.85. The second-order valence-corrected chi connectivity index (χ2v) is 6.25. The number of nitrogen functional groups attached to an aromatic ring is 1. The fourth-order valence-corrected chi connectivity index (χ4v) is 3.20. The van der Waals surface area contributed by atoms with Crippen LogP contribution in [0.3, 0.4) is 0 Å². The second kappa shape index (κ2) is 5.68. The molecule has 1 aromatic carbocycles. The van der Waals surface area contributed by atoms with Crippen molar-refractivity contribution in [1.82, 2.24) is 24.7 Å². The van der Waals surface area contributed by atoms with Crippen LogP contribution in [0.2, 0.25) is 0 Å². The number of rotatable bonds is 2. The molecule has 0 saturated heterocycles. The fourth-order valence-electron chi connectivity index (χ4n) is 2.62. The average molecular weight is 381 g/mol. The normalized spacial score (nSPS) is 11.1. The van der Waals surface area contributed by atoms with Gasteiger partial charge >= 0.3 is 0 Å². The lowest BCUT2D eigenvalue weighted by Gasteiger charge is -2.09. The van der Waals surface area contributed by atoms with Crippen LogP contribution in [0, 0.1) is 0 Å². The molecule has 118 valence electrons. The van der Waals surface area contributed by atoms with Gasteiger partial charge in [0.2, 0.25) is 0 Å². The van der Waals surface area contributed by atoms with Gasteiger partial charge in [0.15, 0.2) is 0 Å². The van der Waals surface area contributed by atoms with Crippen molar-refractivity contribution in [1.29, 1.82) is 0 Å². The number of hydrogen-bond acceptors (Lipinski definition) is 5. The van der Waals surface area contributed by atoms with Crippen molar-refractivity contribution in [3.05, 3.63) is 53.4 Å². The van der Waals surface area contributed by atoms with Crippen LogP contribution in [0.25, 0.3) is 33.5 Å². The average Bonchev–Trinajstić information content (AvgIpc) is 3.01. The monoisotopic (exact) mass is 380 g/mol. The third-order valence-corrected chi connectivity index (χ3v) is 4.28. The third kappa shape index (κ3) is 2.52. The first kappa shape index (κ1) is 14.8. The summed E-state index contributed by atoms with van der Waals surface area (Å²) in [5.41, 5.74) is 9.80. The molecule has 0 radical (unpaired) electrons. The van der Waals surface area contributed by atoms with Crippen LogP contribution in [0.5, 0.6) is 0 Å². The Morgan fingerprint density at radius 3 is 2.79 bits per heavy atom. The van der Waals surface area contributed by atoms with Crippen molar-refractivity contribution >= 4 is 32.7 Å². The van der Waals surface area contributed by atoms with Gasteiger partial charge in [0.05, 0.1) is 17.4 Å². The SMILES string of the molecule is Cn1ccc(-c2nc(N)cnc2-c2cc(Br)c3ncccc3c2)n1. The zero-order valence-electron chi connectivity index (χ0n) is 12.8. The number of aryl methyl sites for hydroxylation is 1. The molecule has 2 N–H and O–H groups in total. The van der Waals surface area contributed by atoms with E-state index < -0.39 is 0 Å². The Bertz CT molecular complexity index is 1060. The number of hydrogen-bond donors (Lipinski definition) is 1. The molecule has 0 fully saturated rings. The van der Waals surface area contributed by atoms with Crippen LogP contribution in [0.4, 0.5) is 5.82 Å². The van der Waals surface area contributed by atoms with E-state index in [1.54, 1.807) is 17.1 Å². The zero-order valence-corrected chi connectivity index (χ0v) is 14.4. The van der Waals surface area contributed by atoms with E-state index in [0.717, 1.165) is 32.3 Å². The summed E-state index contributed by atoms with van der Waals surface area (Å²) >= 11 is 3.59. The maximum Gasteiger partial charge on any atom is 0.142 e. The summed E-state index contributed by atoms with van der Waals surface area (Å²) in [6.45, 7) is 0. The standard InChI is InChI=1S/C17H13BrN6/c1-24-6-4-13(23-24)17-16(21-9-14(19)22-17)11-7-10-3-2-5-20-15(10)12(18)8-11/h2-9H,1H3,(H2,19,22). The topological polar surface area (TPSA) is 82.5 Å². The summed E-state index contributed by atoms with van der Waals surface area (Å²) in [5.74, 6) is 0.362. The number of fused-ring (bicyclic) bond motifs is 1. The second-order valence-electron chi connectivity index (χ2n) is 5.40. The lowest BCUT2D eigenvalue weighted by molar-refractivity contribution is 0.770. The molecule has 4 rings (SSSR count). The van der Waals surface area contributed by atoms with Gasteiger partial charge in [0, 0.05) is 34.9 Å². The number of aromatic nitrogens is 5. The van der Waals surface area contributed by atoms with E-state index in [0.29, 0.717) is 11.5 Å². The van der Waals surface area contributed by atoms with E-state index in [1.807, 2.05) is 43.6 Å². The number of pyridine rings is 1. The van der Waals surface area contributed by atoms with Crippen molar-refractivity contribution in [3.63, 3.8) is 0 Å². The molecule has 6 nitrogen and oxygen atoms in total. The molecule has 0 aliphatic heterocycles. The molecule has 0 saturated carbocycles. The molecule has 3 heterocycles. The van der Waals surface area contributed by atoms with Crippen LogP contribution in [-0.2, 0) is 7.05 Å². The lowest BCUT2D eigenvalue weighted by Crippen LogP contribution is -1.99. The van der Waals surface area contributed by atoms with E-state index in [2.05, 4.69) is 36.0 Å². The van der Waals surface area contributed by atoms with E-state index in [-0.39, 0.29) is 0 Å². The predicted molar refractivity (Wildman–Crippen MR) is 97.1 cm³/mol. The largest absolute Gasteiger partial charge is 0.382 e. The highest BCUT2D eigenvalue weighted by Crippen LogP contribution is 2.33. The van der Waals surface area contributed by atoms with Gasteiger partial charge in [-0.05, 0) is 40.2 Å². The molecule has 0 aliphatic carbocycles. The van der Waals surface area contributed by atoms with Crippen LogP contribution in [-0.4, -0.2) is 24.7 Å². The number of anilines is 1. The summed E-state index contributed by atoms with van der Waals surface area (Å²) in [4.78, 5) is 13.4. The number of nitrogens with two attached hydrogens (primary N) is 1. The first-order chi connectivity index (χ1) is 11.6. The van der Waals surface area contributed by atoms with Crippen molar-refractivity contribution in [2.45, 2.75) is 0 Å². The summed E-state index contributed by atoms with van der Waals surface area (Å²) in [5, 5.41) is 5.45. The first-order valence-corrected chi connectivity index (χ1v) is 8.08. The van der Waals surface area contributed by atoms with E-state index in [9.17, 15) is 0 Å². The van der Waals surface area contributed by atoms with E-state index >= 15 is 0 Å². The zero-order chi connectivity index (χ0) is 16.7. The van der Waals surface area contributed by atoms with Gasteiger partial charge in [-0.25, -0.2) is 4.98 Å². The van der Waals surface area contributed by atoms with Gasteiger partial charge in [-0.15, -0.1) is 0 Å². The van der Waals surface area contributed by atoms with E-state index in [4.69, 9.17) is 5.73 Å². The lowest BCUT2D eigenvalue weighted by atomic mass is 10.1. The minimum Gasteiger partial charge on any atom is -0.382 e. The summed E-state index contributed by atoms with van der Waals surface area (Å²) in [6.07, 6.45) is 5.20. The molecule has 0 unspecified atom stereocenters. The van der Waals surface area contributed by atoms with Crippen LogP contribution < -0.4 is 5.73 Å². The first-order valence-electron chi connectivity index (χ1n) is 7.29. The molecule has 7 heteroatoms. The van der Waals surface area contributed by atoms with Gasteiger partial charge < -0.3 is 5.73 Å². The van der Waals surface area contributed by atoms with E-state index in [1.165, 1.54) is 0 Å². The molecular weight excluding hydrogens is 368 g/mol. The van der Waals surface area contributed by atoms with Crippen molar-refractivity contribution in [2.24, 2.45) is 7.05 Å². The third-order valence-electron chi connectivity index (χ3n) is 3.68. The highest BCUT2D eigenvalue weighted by molar-refractivity contribution is 9.10. The number of nitrogens with zero attached hydrogens (tertiary/aromatic N) is 5. The van der Waals surface area contributed by atoms with Crippen molar-refractivity contribution < 1.29 is 0 Å². The molecular formula is C17H13BrN6. The Labute approximate surface area is 146 Å². The molecule has 24 heavy (non-hydrogen) atoms. The maximum absolute atomic E-state index is 5.84. The predicted octanol–water partition coefficient (Wildman–Crippen LogP) is 3.44. The van der Waals surface area contributed by atoms with Gasteiger partial charge in [-0.3, -0.25) is 14.6 Å². The fraction of sp³-hybridized carbons (Fsp3) is 0.0588. The van der Waals surface area contributed by atoms with Gasteiger partial charge in [-0.1, -0.05) is 6.07 Å². The molecule has 4 aromatic rings. The number of benzene rings is 1. The quantitative estimate of drug-likeness (QED) is 0.575. The Hall–Kier alpha value is -2.80. The van der Waals surface area contributed by atoms with Gasteiger partial charge in [-0.2, -0.15) is 5.10 Å². The Morgan fingerprint density at radius 2 is 2.00 bits per heavy atom. The Balaban J connectivity index is 1.97. The van der Waals surface area contributed by atoms with Crippen molar-refractivity contribution in [2.75, 3.05) is 5.73 Å². The molecule has 0 atom stereocenters. The molecule has 0 bridgehead atoms. The smallest absolute Gasteiger partial charge is 0.142 e. The van der Waals surface area contributed by atoms with Crippen LogP contribution in [0.15, 0.2) is 53.4 Å². The summed E-state index contributed by atoms with van der Waals surface area (Å²) in [7, 11) is 1.86. The Morgan fingerprint density at radius 1 is 1.12 bits per heavy atom. The number of halogens is 1. The van der Waals surface area contributed by atoms with Crippen LogP contribution in [0.1, 0.15) is 0 Å².